The zero-order valence-electron chi connectivity index (χ0n) is 9.59. The summed E-state index contributed by atoms with van der Waals surface area (Å²) in [4.78, 5) is 0. The van der Waals surface area contributed by atoms with Crippen molar-refractivity contribution in [2.45, 2.75) is 41.0 Å². The molecular formula is C13H17Cl. The lowest BCUT2D eigenvalue weighted by molar-refractivity contribution is 1.07. The highest BCUT2D eigenvalue weighted by molar-refractivity contribution is 6.32. The Bertz CT molecular complexity index is 385. The molecule has 1 rings (SSSR count). The van der Waals surface area contributed by atoms with E-state index in [9.17, 15) is 0 Å². The Morgan fingerprint density at radius 3 is 2.07 bits per heavy atom. The van der Waals surface area contributed by atoms with E-state index in [0.29, 0.717) is 0 Å². The summed E-state index contributed by atoms with van der Waals surface area (Å²) >= 11 is 6.24. The average molecular weight is 209 g/mol. The van der Waals surface area contributed by atoms with Crippen molar-refractivity contribution in [3.63, 3.8) is 0 Å². The predicted molar refractivity (Wildman–Crippen MR) is 63.4 cm³/mol. The first kappa shape index (κ1) is 11.4. The van der Waals surface area contributed by atoms with E-state index in [1.54, 1.807) is 0 Å². The third-order valence-corrected chi connectivity index (χ3v) is 3.42. The van der Waals surface area contributed by atoms with Gasteiger partial charge in [0.15, 0.2) is 0 Å². The fourth-order valence-electron chi connectivity index (χ4n) is 1.90. The van der Waals surface area contributed by atoms with Crippen LogP contribution in [0.5, 0.6) is 0 Å². The van der Waals surface area contributed by atoms with Gasteiger partial charge in [0.2, 0.25) is 0 Å². The van der Waals surface area contributed by atoms with Crippen molar-refractivity contribution in [3.8, 4) is 0 Å². The van der Waals surface area contributed by atoms with E-state index in [1.807, 2.05) is 6.92 Å². The van der Waals surface area contributed by atoms with Crippen LogP contribution in [-0.4, -0.2) is 0 Å². The van der Waals surface area contributed by atoms with Gasteiger partial charge < -0.3 is 0 Å². The fraction of sp³-hybridized carbons (Fsp3) is 0.462. The number of rotatable bonds is 1. The molecule has 0 saturated carbocycles. The Labute approximate surface area is 91.7 Å². The molecule has 0 bridgehead atoms. The Hall–Kier alpha value is -0.710. The molecule has 1 aliphatic rings. The van der Waals surface area contributed by atoms with Gasteiger partial charge in [-0.1, -0.05) is 18.5 Å². The van der Waals surface area contributed by atoms with Gasteiger partial charge in [-0.25, -0.2) is 0 Å². The van der Waals surface area contributed by atoms with Crippen molar-refractivity contribution in [1.29, 1.82) is 0 Å². The van der Waals surface area contributed by atoms with Gasteiger partial charge in [-0.3, -0.25) is 0 Å². The van der Waals surface area contributed by atoms with Crippen LogP contribution in [-0.2, 0) is 0 Å². The van der Waals surface area contributed by atoms with Crippen LogP contribution in [0.3, 0.4) is 0 Å². The zero-order chi connectivity index (χ0) is 10.9. The molecule has 0 N–H and O–H groups in total. The molecule has 0 heterocycles. The maximum absolute atomic E-state index is 6.24. The molecule has 0 spiro atoms. The smallest absolute Gasteiger partial charge is 0.0544 e. The first-order valence-electron chi connectivity index (χ1n) is 5.00. The van der Waals surface area contributed by atoms with Crippen molar-refractivity contribution < 1.29 is 0 Å². The maximum atomic E-state index is 6.24. The van der Waals surface area contributed by atoms with Gasteiger partial charge in [0.1, 0.15) is 0 Å². The standard InChI is InChI=1S/C13H17Cl/c1-6-12-8(2)7-9(3)13(14)11(5)10(12)4/h6H2,1-5H3. The molecule has 0 fully saturated rings. The van der Waals surface area contributed by atoms with Crippen LogP contribution in [0.15, 0.2) is 38.6 Å². The summed E-state index contributed by atoms with van der Waals surface area (Å²) in [5.74, 6) is 0. The average Bonchev–Trinajstić information content (AvgIpc) is 2.20. The van der Waals surface area contributed by atoms with E-state index in [-0.39, 0.29) is 0 Å². The summed E-state index contributed by atoms with van der Waals surface area (Å²) in [6, 6.07) is 0. The third-order valence-electron chi connectivity index (χ3n) is 2.85. The van der Waals surface area contributed by atoms with E-state index in [1.165, 1.54) is 22.3 Å². The minimum absolute atomic E-state index is 0.852. The lowest BCUT2D eigenvalue weighted by Crippen LogP contribution is -1.90. The SMILES string of the molecule is CCC1=C(C)C(C)=C(Cl)C(C)=C=C1C. The minimum atomic E-state index is 0.852. The third kappa shape index (κ3) is 1.87. The summed E-state index contributed by atoms with van der Waals surface area (Å²) < 4.78 is 0. The van der Waals surface area contributed by atoms with Crippen molar-refractivity contribution in [3.05, 3.63) is 38.6 Å². The summed E-state index contributed by atoms with van der Waals surface area (Å²) in [6.07, 6.45) is 1.04. The predicted octanol–water partition coefficient (Wildman–Crippen LogP) is 4.73. The van der Waals surface area contributed by atoms with Crippen molar-refractivity contribution in [2.75, 3.05) is 0 Å². The van der Waals surface area contributed by atoms with Gasteiger partial charge in [0, 0.05) is 5.57 Å². The van der Waals surface area contributed by atoms with Gasteiger partial charge in [-0.2, -0.15) is 0 Å². The highest BCUT2D eigenvalue weighted by Gasteiger charge is 2.12. The Balaban J connectivity index is 3.51. The molecular weight excluding hydrogens is 192 g/mol. The van der Waals surface area contributed by atoms with Gasteiger partial charge in [0.25, 0.3) is 0 Å². The highest BCUT2D eigenvalue weighted by Crippen LogP contribution is 2.31. The molecule has 0 radical (unpaired) electrons. The topological polar surface area (TPSA) is 0 Å². The Morgan fingerprint density at radius 2 is 1.57 bits per heavy atom. The second-order valence-electron chi connectivity index (χ2n) is 3.77. The first-order valence-corrected chi connectivity index (χ1v) is 5.38. The molecule has 76 valence electrons. The molecule has 0 atom stereocenters. The number of hydrogen-bond acceptors (Lipinski definition) is 0. The minimum Gasteiger partial charge on any atom is -0.113 e. The number of allylic oxidation sites excluding steroid dienone is 5. The molecule has 0 nitrogen and oxygen atoms in total. The van der Waals surface area contributed by atoms with E-state index >= 15 is 0 Å². The molecule has 0 saturated heterocycles. The number of hydrogen-bond donors (Lipinski definition) is 0. The summed E-state index contributed by atoms with van der Waals surface area (Å²) in [7, 11) is 0. The van der Waals surface area contributed by atoms with E-state index in [4.69, 9.17) is 11.6 Å². The fourth-order valence-corrected chi connectivity index (χ4v) is 2.08. The second-order valence-corrected chi connectivity index (χ2v) is 4.15. The van der Waals surface area contributed by atoms with Crippen LogP contribution in [0.25, 0.3) is 0 Å². The summed E-state index contributed by atoms with van der Waals surface area (Å²) in [6.45, 7) is 10.5. The van der Waals surface area contributed by atoms with Crippen LogP contribution in [0.2, 0.25) is 0 Å². The monoisotopic (exact) mass is 208 g/mol. The first-order chi connectivity index (χ1) is 6.49. The van der Waals surface area contributed by atoms with Crippen molar-refractivity contribution in [1.82, 2.24) is 0 Å². The summed E-state index contributed by atoms with van der Waals surface area (Å²) in [5.41, 5.74) is 9.47. The lowest BCUT2D eigenvalue weighted by Gasteiger charge is -2.09. The normalized spacial score (nSPS) is 18.1. The second kappa shape index (κ2) is 4.21. The molecule has 0 aromatic heterocycles. The molecule has 14 heavy (non-hydrogen) atoms. The quantitative estimate of drug-likeness (QED) is 0.547. The lowest BCUT2D eigenvalue weighted by atomic mass is 9.97. The maximum Gasteiger partial charge on any atom is 0.0544 e. The zero-order valence-corrected chi connectivity index (χ0v) is 10.3. The molecule has 0 aliphatic heterocycles. The molecule has 0 aromatic carbocycles. The molecule has 0 aromatic rings. The van der Waals surface area contributed by atoms with Crippen LogP contribution in [0.4, 0.5) is 0 Å². The van der Waals surface area contributed by atoms with E-state index < -0.39 is 0 Å². The van der Waals surface area contributed by atoms with Crippen LogP contribution >= 0.6 is 11.6 Å². The van der Waals surface area contributed by atoms with Crippen LogP contribution < -0.4 is 0 Å². The largest absolute Gasteiger partial charge is 0.113 e. The van der Waals surface area contributed by atoms with Gasteiger partial charge in [0.05, 0.1) is 5.03 Å². The molecule has 1 aliphatic carbocycles. The molecule has 1 heteroatoms. The summed E-state index contributed by atoms with van der Waals surface area (Å²) in [5, 5.41) is 0.852. The molecule has 0 amide bonds. The molecule has 0 unspecified atom stereocenters. The Kier molecular flexibility index (Phi) is 3.42. The van der Waals surface area contributed by atoms with E-state index in [2.05, 4.69) is 33.4 Å². The van der Waals surface area contributed by atoms with Gasteiger partial charge in [-0.15, -0.1) is 5.73 Å². The van der Waals surface area contributed by atoms with Crippen LogP contribution in [0, 0.1) is 0 Å². The van der Waals surface area contributed by atoms with Crippen molar-refractivity contribution >= 4 is 11.6 Å². The van der Waals surface area contributed by atoms with Crippen LogP contribution in [0.1, 0.15) is 41.0 Å². The number of halogens is 1. The Morgan fingerprint density at radius 1 is 1.00 bits per heavy atom. The van der Waals surface area contributed by atoms with Gasteiger partial charge in [-0.05, 0) is 56.4 Å². The van der Waals surface area contributed by atoms with Gasteiger partial charge >= 0.3 is 0 Å². The van der Waals surface area contributed by atoms with Crippen molar-refractivity contribution in [2.24, 2.45) is 0 Å². The highest BCUT2D eigenvalue weighted by atomic mass is 35.5. The van der Waals surface area contributed by atoms with E-state index in [0.717, 1.165) is 17.0 Å².